The number of piperazine rings is 1. The maximum absolute atomic E-state index is 12.9. The third-order valence-corrected chi connectivity index (χ3v) is 7.94. The zero-order valence-corrected chi connectivity index (χ0v) is 17.6. The van der Waals surface area contributed by atoms with Crippen molar-refractivity contribution in [2.75, 3.05) is 26.2 Å². The minimum atomic E-state index is -3.45. The maximum Gasteiger partial charge on any atom is 0.243 e. The van der Waals surface area contributed by atoms with Gasteiger partial charge in [-0.05, 0) is 48.6 Å². The van der Waals surface area contributed by atoms with Gasteiger partial charge < -0.3 is 4.52 Å². The quantitative estimate of drug-likeness (QED) is 0.635. The molecule has 0 N–H and O–H groups in total. The van der Waals surface area contributed by atoms with Gasteiger partial charge in [-0.15, -0.1) is 11.3 Å². The van der Waals surface area contributed by atoms with Crippen LogP contribution in [0.15, 0.2) is 51.2 Å². The highest BCUT2D eigenvalue weighted by molar-refractivity contribution is 7.89. The standard InChI is InChI=1S/C20H23N3O3S2/c1-15-5-6-18(12-16(15)2)28(24,25)23-9-7-22(8-10-23)14-17-13-19(26-21-17)20-4-3-11-27-20/h3-6,11-13H,7-10,14H2,1-2H3. The number of benzene rings is 1. The fourth-order valence-corrected chi connectivity index (χ4v) is 5.48. The van der Waals surface area contributed by atoms with Crippen LogP contribution < -0.4 is 0 Å². The van der Waals surface area contributed by atoms with Gasteiger partial charge in [-0.2, -0.15) is 4.31 Å². The predicted octanol–water partition coefficient (Wildman–Crippen LogP) is 3.53. The van der Waals surface area contributed by atoms with Crippen molar-refractivity contribution in [3.8, 4) is 10.6 Å². The Kier molecular flexibility index (Phi) is 5.37. The van der Waals surface area contributed by atoms with E-state index in [4.69, 9.17) is 4.52 Å². The molecule has 1 saturated heterocycles. The first-order chi connectivity index (χ1) is 13.4. The Hall–Kier alpha value is -2.00. The Balaban J connectivity index is 1.38. The summed E-state index contributed by atoms with van der Waals surface area (Å²) in [5.74, 6) is 0.779. The molecule has 1 fully saturated rings. The molecular weight excluding hydrogens is 394 g/mol. The summed E-state index contributed by atoms with van der Waals surface area (Å²) in [6.45, 7) is 6.88. The topological polar surface area (TPSA) is 66.7 Å². The Morgan fingerprint density at radius 1 is 1.07 bits per heavy atom. The molecule has 3 aromatic rings. The molecule has 8 heteroatoms. The van der Waals surface area contributed by atoms with E-state index in [-0.39, 0.29) is 0 Å². The summed E-state index contributed by atoms with van der Waals surface area (Å²) in [6.07, 6.45) is 0. The Labute approximate surface area is 169 Å². The second-order valence-corrected chi connectivity index (χ2v) is 9.97. The summed E-state index contributed by atoms with van der Waals surface area (Å²) in [4.78, 5) is 3.65. The normalized spacial score (nSPS) is 16.5. The number of aromatic nitrogens is 1. The number of thiophene rings is 1. The van der Waals surface area contributed by atoms with Crippen LogP contribution in [0, 0.1) is 13.8 Å². The fourth-order valence-electron chi connectivity index (χ4n) is 3.30. The Morgan fingerprint density at radius 3 is 2.54 bits per heavy atom. The molecule has 0 amide bonds. The van der Waals surface area contributed by atoms with Crippen molar-refractivity contribution in [1.29, 1.82) is 0 Å². The highest BCUT2D eigenvalue weighted by Gasteiger charge is 2.29. The van der Waals surface area contributed by atoms with E-state index in [1.54, 1.807) is 27.8 Å². The van der Waals surface area contributed by atoms with E-state index < -0.39 is 10.0 Å². The summed E-state index contributed by atoms with van der Waals surface area (Å²) in [7, 11) is -3.45. The van der Waals surface area contributed by atoms with Crippen LogP contribution in [0.2, 0.25) is 0 Å². The molecule has 148 valence electrons. The van der Waals surface area contributed by atoms with Crippen molar-refractivity contribution in [2.24, 2.45) is 0 Å². The van der Waals surface area contributed by atoms with Crippen LogP contribution in [0.4, 0.5) is 0 Å². The van der Waals surface area contributed by atoms with Gasteiger partial charge in [0, 0.05) is 38.8 Å². The van der Waals surface area contributed by atoms with E-state index in [2.05, 4.69) is 10.1 Å². The van der Waals surface area contributed by atoms with E-state index in [1.165, 1.54) is 0 Å². The summed E-state index contributed by atoms with van der Waals surface area (Å²) in [5, 5.41) is 6.16. The van der Waals surface area contributed by atoms with E-state index in [1.807, 2.05) is 43.5 Å². The van der Waals surface area contributed by atoms with Gasteiger partial charge in [0.2, 0.25) is 10.0 Å². The minimum Gasteiger partial charge on any atom is -0.355 e. The number of rotatable bonds is 5. The van der Waals surface area contributed by atoms with Crippen LogP contribution in [0.25, 0.3) is 10.6 Å². The van der Waals surface area contributed by atoms with Gasteiger partial charge in [0.05, 0.1) is 15.5 Å². The summed E-state index contributed by atoms with van der Waals surface area (Å²) < 4.78 is 32.9. The zero-order chi connectivity index (χ0) is 19.7. The van der Waals surface area contributed by atoms with E-state index in [0.29, 0.717) is 37.6 Å². The molecular formula is C20H23N3O3S2. The van der Waals surface area contributed by atoms with Gasteiger partial charge in [0.15, 0.2) is 5.76 Å². The Morgan fingerprint density at radius 2 is 1.86 bits per heavy atom. The fraction of sp³-hybridized carbons (Fsp3) is 0.350. The average molecular weight is 418 g/mol. The van der Waals surface area contributed by atoms with Crippen LogP contribution in [-0.2, 0) is 16.6 Å². The molecule has 6 nitrogen and oxygen atoms in total. The van der Waals surface area contributed by atoms with Crippen molar-refractivity contribution in [3.05, 3.63) is 58.6 Å². The highest BCUT2D eigenvalue weighted by Crippen LogP contribution is 2.26. The van der Waals surface area contributed by atoms with Crippen molar-refractivity contribution >= 4 is 21.4 Å². The van der Waals surface area contributed by atoms with Crippen LogP contribution in [-0.4, -0.2) is 49.0 Å². The van der Waals surface area contributed by atoms with Gasteiger partial charge in [-0.3, -0.25) is 4.90 Å². The van der Waals surface area contributed by atoms with Crippen LogP contribution in [0.5, 0.6) is 0 Å². The lowest BCUT2D eigenvalue weighted by Gasteiger charge is -2.33. The van der Waals surface area contributed by atoms with E-state index in [9.17, 15) is 8.42 Å². The molecule has 0 atom stereocenters. The van der Waals surface area contributed by atoms with Gasteiger partial charge in [-0.25, -0.2) is 8.42 Å². The van der Waals surface area contributed by atoms with Gasteiger partial charge in [0.1, 0.15) is 0 Å². The van der Waals surface area contributed by atoms with Crippen LogP contribution in [0.1, 0.15) is 16.8 Å². The summed E-state index contributed by atoms with van der Waals surface area (Å²) >= 11 is 1.62. The average Bonchev–Trinajstić information content (AvgIpc) is 3.36. The van der Waals surface area contributed by atoms with Crippen LogP contribution in [0.3, 0.4) is 0 Å². The number of hydrogen-bond acceptors (Lipinski definition) is 6. The number of aryl methyl sites for hydroxylation is 2. The number of hydrogen-bond donors (Lipinski definition) is 0. The molecule has 2 aromatic heterocycles. The largest absolute Gasteiger partial charge is 0.355 e. The lowest BCUT2D eigenvalue weighted by molar-refractivity contribution is 0.178. The van der Waals surface area contributed by atoms with Gasteiger partial charge in [0.25, 0.3) is 0 Å². The van der Waals surface area contributed by atoms with Crippen LogP contribution >= 0.6 is 11.3 Å². The summed E-state index contributed by atoms with van der Waals surface area (Å²) in [6, 6.07) is 11.3. The van der Waals surface area contributed by atoms with Gasteiger partial charge in [-0.1, -0.05) is 17.3 Å². The molecule has 1 aliphatic rings. The molecule has 1 aromatic carbocycles. The van der Waals surface area contributed by atoms with Crippen molar-refractivity contribution in [1.82, 2.24) is 14.4 Å². The van der Waals surface area contributed by atoms with E-state index >= 15 is 0 Å². The molecule has 0 aliphatic carbocycles. The predicted molar refractivity (Wildman–Crippen MR) is 110 cm³/mol. The molecule has 3 heterocycles. The molecule has 0 radical (unpaired) electrons. The van der Waals surface area contributed by atoms with Crippen molar-refractivity contribution in [2.45, 2.75) is 25.3 Å². The minimum absolute atomic E-state index is 0.376. The number of nitrogens with zero attached hydrogens (tertiary/aromatic N) is 3. The zero-order valence-electron chi connectivity index (χ0n) is 16.0. The third kappa shape index (κ3) is 3.91. The molecule has 0 saturated carbocycles. The molecule has 0 spiro atoms. The van der Waals surface area contributed by atoms with Crippen molar-refractivity contribution < 1.29 is 12.9 Å². The molecule has 28 heavy (non-hydrogen) atoms. The summed E-state index contributed by atoms with van der Waals surface area (Å²) in [5.41, 5.74) is 2.96. The first kappa shape index (κ1) is 19.3. The second kappa shape index (κ2) is 7.79. The molecule has 0 bridgehead atoms. The first-order valence-corrected chi connectivity index (χ1v) is 11.5. The lowest BCUT2D eigenvalue weighted by Crippen LogP contribution is -2.48. The number of sulfonamides is 1. The molecule has 1 aliphatic heterocycles. The van der Waals surface area contributed by atoms with E-state index in [0.717, 1.165) is 27.5 Å². The molecule has 4 rings (SSSR count). The van der Waals surface area contributed by atoms with Crippen molar-refractivity contribution in [3.63, 3.8) is 0 Å². The monoisotopic (exact) mass is 417 g/mol. The third-order valence-electron chi connectivity index (χ3n) is 5.16. The molecule has 0 unspecified atom stereocenters. The lowest BCUT2D eigenvalue weighted by atomic mass is 10.1. The highest BCUT2D eigenvalue weighted by atomic mass is 32.2. The second-order valence-electron chi connectivity index (χ2n) is 7.09. The SMILES string of the molecule is Cc1ccc(S(=O)(=O)N2CCN(Cc3cc(-c4cccs4)on3)CC2)cc1C. The maximum atomic E-state index is 12.9. The first-order valence-electron chi connectivity index (χ1n) is 9.23. The Bertz CT molecular complexity index is 1050. The van der Waals surface area contributed by atoms with Gasteiger partial charge >= 0.3 is 0 Å². The smallest absolute Gasteiger partial charge is 0.243 e.